The van der Waals surface area contributed by atoms with Crippen molar-refractivity contribution in [2.45, 2.75) is 5.75 Å². The molecule has 0 unspecified atom stereocenters. The lowest BCUT2D eigenvalue weighted by Gasteiger charge is -1.90. The van der Waals surface area contributed by atoms with Crippen molar-refractivity contribution in [1.29, 1.82) is 0 Å². The summed E-state index contributed by atoms with van der Waals surface area (Å²) in [5.41, 5.74) is 1.82. The van der Waals surface area contributed by atoms with Gasteiger partial charge in [-0.3, -0.25) is 4.98 Å². The highest BCUT2D eigenvalue weighted by molar-refractivity contribution is 7.79. The van der Waals surface area contributed by atoms with Crippen LogP contribution in [-0.2, 0) is 5.75 Å². The summed E-state index contributed by atoms with van der Waals surface area (Å²) in [7, 11) is 0. The fourth-order valence-corrected chi connectivity index (χ4v) is 1.19. The quantitative estimate of drug-likeness (QED) is 0.741. The molecule has 0 saturated heterocycles. The van der Waals surface area contributed by atoms with Crippen LogP contribution < -0.4 is 0 Å². The minimum atomic E-state index is 0.592. The van der Waals surface area contributed by atoms with E-state index < -0.39 is 0 Å². The molecule has 2 rings (SSSR count). The van der Waals surface area contributed by atoms with Gasteiger partial charge >= 0.3 is 0 Å². The SMILES string of the molecule is SCc1cc(-c2ccncc2)on1. The van der Waals surface area contributed by atoms with E-state index in [1.54, 1.807) is 12.4 Å². The third kappa shape index (κ3) is 1.72. The maximum Gasteiger partial charge on any atom is 0.167 e. The third-order valence-electron chi connectivity index (χ3n) is 1.69. The van der Waals surface area contributed by atoms with Crippen LogP contribution in [0.2, 0.25) is 0 Å². The van der Waals surface area contributed by atoms with Crippen LogP contribution in [0.15, 0.2) is 35.1 Å². The number of nitrogens with zero attached hydrogens (tertiary/aromatic N) is 2. The first kappa shape index (κ1) is 8.31. The second-order valence-corrected chi connectivity index (χ2v) is 2.89. The summed E-state index contributed by atoms with van der Waals surface area (Å²) >= 11 is 4.10. The highest BCUT2D eigenvalue weighted by Gasteiger charge is 2.04. The van der Waals surface area contributed by atoms with Gasteiger partial charge in [0.05, 0.1) is 5.69 Å². The molecule has 2 heterocycles. The molecule has 0 saturated carbocycles. The van der Waals surface area contributed by atoms with Gasteiger partial charge in [-0.1, -0.05) is 5.16 Å². The average molecular weight is 192 g/mol. The van der Waals surface area contributed by atoms with Crippen LogP contribution >= 0.6 is 12.6 Å². The lowest BCUT2D eigenvalue weighted by Crippen LogP contribution is -1.74. The molecule has 0 bridgehead atoms. The van der Waals surface area contributed by atoms with E-state index in [0.29, 0.717) is 5.75 Å². The first-order valence-electron chi connectivity index (χ1n) is 3.87. The van der Waals surface area contributed by atoms with Crippen molar-refractivity contribution in [2.24, 2.45) is 0 Å². The van der Waals surface area contributed by atoms with Crippen molar-refractivity contribution in [1.82, 2.24) is 10.1 Å². The molecule has 2 aromatic rings. The van der Waals surface area contributed by atoms with E-state index in [9.17, 15) is 0 Å². The van der Waals surface area contributed by atoms with Gasteiger partial charge in [-0.15, -0.1) is 0 Å². The normalized spacial score (nSPS) is 10.2. The van der Waals surface area contributed by atoms with Gasteiger partial charge in [0.15, 0.2) is 5.76 Å². The Hall–Kier alpha value is -1.29. The second kappa shape index (κ2) is 3.62. The van der Waals surface area contributed by atoms with E-state index in [1.165, 1.54) is 0 Å². The molecule has 0 aliphatic rings. The molecule has 0 radical (unpaired) electrons. The number of thiol groups is 1. The van der Waals surface area contributed by atoms with Crippen molar-refractivity contribution >= 4 is 12.6 Å². The molecule has 13 heavy (non-hydrogen) atoms. The molecular formula is C9H8N2OS. The second-order valence-electron chi connectivity index (χ2n) is 2.58. The van der Waals surface area contributed by atoms with Crippen molar-refractivity contribution in [2.75, 3.05) is 0 Å². The summed E-state index contributed by atoms with van der Waals surface area (Å²) in [5.74, 6) is 1.35. The Kier molecular flexibility index (Phi) is 2.31. The van der Waals surface area contributed by atoms with Gasteiger partial charge in [0, 0.05) is 29.8 Å². The predicted molar refractivity (Wildman–Crippen MR) is 52.4 cm³/mol. The summed E-state index contributed by atoms with van der Waals surface area (Å²) in [5, 5.41) is 3.84. The molecule has 4 heteroatoms. The summed E-state index contributed by atoms with van der Waals surface area (Å²) < 4.78 is 5.11. The summed E-state index contributed by atoms with van der Waals surface area (Å²) in [6.07, 6.45) is 3.44. The van der Waals surface area contributed by atoms with Crippen molar-refractivity contribution in [3.8, 4) is 11.3 Å². The Morgan fingerprint density at radius 3 is 2.69 bits per heavy atom. The van der Waals surface area contributed by atoms with Crippen LogP contribution in [-0.4, -0.2) is 10.1 Å². The van der Waals surface area contributed by atoms with Crippen LogP contribution in [0.4, 0.5) is 0 Å². The Morgan fingerprint density at radius 2 is 2.08 bits per heavy atom. The van der Waals surface area contributed by atoms with E-state index in [4.69, 9.17) is 4.52 Å². The Balaban J connectivity index is 2.36. The van der Waals surface area contributed by atoms with Crippen LogP contribution in [0, 0.1) is 0 Å². The highest BCUT2D eigenvalue weighted by Crippen LogP contribution is 2.19. The maximum atomic E-state index is 5.11. The zero-order valence-corrected chi connectivity index (χ0v) is 7.74. The number of rotatable bonds is 2. The molecule has 0 aliphatic heterocycles. The molecule has 2 aromatic heterocycles. The van der Waals surface area contributed by atoms with Gasteiger partial charge in [-0.25, -0.2) is 0 Å². The summed E-state index contributed by atoms with van der Waals surface area (Å²) in [4.78, 5) is 3.92. The van der Waals surface area contributed by atoms with Crippen molar-refractivity contribution < 1.29 is 4.52 Å². The lowest BCUT2D eigenvalue weighted by molar-refractivity contribution is 0.426. The fourth-order valence-electron chi connectivity index (χ4n) is 1.04. The van der Waals surface area contributed by atoms with E-state index in [-0.39, 0.29) is 0 Å². The fraction of sp³-hybridized carbons (Fsp3) is 0.111. The van der Waals surface area contributed by atoms with Crippen LogP contribution in [0.25, 0.3) is 11.3 Å². The van der Waals surface area contributed by atoms with Crippen LogP contribution in [0.5, 0.6) is 0 Å². The van der Waals surface area contributed by atoms with E-state index >= 15 is 0 Å². The molecule has 0 amide bonds. The van der Waals surface area contributed by atoms with Crippen LogP contribution in [0.3, 0.4) is 0 Å². The standard InChI is InChI=1S/C9H8N2OS/c13-6-8-5-9(12-11-8)7-1-3-10-4-2-7/h1-5,13H,6H2. The molecule has 0 fully saturated rings. The van der Waals surface area contributed by atoms with Gasteiger partial charge in [0.1, 0.15) is 0 Å². The molecule has 0 aromatic carbocycles. The minimum Gasteiger partial charge on any atom is -0.356 e. The molecule has 0 aliphatic carbocycles. The molecule has 3 nitrogen and oxygen atoms in total. The largest absolute Gasteiger partial charge is 0.356 e. The van der Waals surface area contributed by atoms with Crippen molar-refractivity contribution in [3.05, 3.63) is 36.3 Å². The van der Waals surface area contributed by atoms with Crippen molar-refractivity contribution in [3.63, 3.8) is 0 Å². The first-order chi connectivity index (χ1) is 6.40. The molecule has 66 valence electrons. The number of aromatic nitrogens is 2. The van der Waals surface area contributed by atoms with Gasteiger partial charge in [0.2, 0.25) is 0 Å². The molecular weight excluding hydrogens is 184 g/mol. The zero-order valence-electron chi connectivity index (χ0n) is 6.84. The zero-order chi connectivity index (χ0) is 9.10. The molecule has 0 spiro atoms. The van der Waals surface area contributed by atoms with Gasteiger partial charge < -0.3 is 4.52 Å². The number of hydrogen-bond donors (Lipinski definition) is 1. The molecule has 0 N–H and O–H groups in total. The first-order valence-corrected chi connectivity index (χ1v) is 4.50. The Labute approximate surface area is 81.2 Å². The number of pyridine rings is 1. The predicted octanol–water partition coefficient (Wildman–Crippen LogP) is 2.17. The Morgan fingerprint density at radius 1 is 1.31 bits per heavy atom. The van der Waals surface area contributed by atoms with E-state index in [1.807, 2.05) is 18.2 Å². The minimum absolute atomic E-state index is 0.592. The monoisotopic (exact) mass is 192 g/mol. The van der Waals surface area contributed by atoms with Gasteiger partial charge in [-0.2, -0.15) is 12.6 Å². The Bertz CT molecular complexity index is 386. The van der Waals surface area contributed by atoms with Crippen LogP contribution in [0.1, 0.15) is 5.69 Å². The summed E-state index contributed by atoms with van der Waals surface area (Å²) in [6.45, 7) is 0. The lowest BCUT2D eigenvalue weighted by atomic mass is 10.2. The topological polar surface area (TPSA) is 38.9 Å². The smallest absolute Gasteiger partial charge is 0.167 e. The molecule has 0 atom stereocenters. The van der Waals surface area contributed by atoms with Gasteiger partial charge in [0.25, 0.3) is 0 Å². The van der Waals surface area contributed by atoms with E-state index in [2.05, 4.69) is 22.8 Å². The maximum absolute atomic E-state index is 5.11. The third-order valence-corrected chi connectivity index (χ3v) is 2.01. The summed E-state index contributed by atoms with van der Waals surface area (Å²) in [6, 6.07) is 5.63. The van der Waals surface area contributed by atoms with Gasteiger partial charge in [-0.05, 0) is 12.1 Å². The highest BCUT2D eigenvalue weighted by atomic mass is 32.1. The average Bonchev–Trinajstić information content (AvgIpc) is 2.67. The number of hydrogen-bond acceptors (Lipinski definition) is 4. The van der Waals surface area contributed by atoms with E-state index in [0.717, 1.165) is 17.0 Å².